The number of ether oxygens (including phenoxy) is 1. The minimum absolute atomic E-state index is 0.0120. The lowest BCUT2D eigenvalue weighted by Gasteiger charge is -2.08. The Morgan fingerprint density at radius 3 is 2.39 bits per heavy atom. The van der Waals surface area contributed by atoms with Gasteiger partial charge in [0, 0.05) is 12.6 Å². The van der Waals surface area contributed by atoms with Crippen LogP contribution in [-0.2, 0) is 16.4 Å². The van der Waals surface area contributed by atoms with E-state index in [9.17, 15) is 17.2 Å². The van der Waals surface area contributed by atoms with Crippen molar-refractivity contribution < 1.29 is 21.9 Å². The summed E-state index contributed by atoms with van der Waals surface area (Å²) in [5.74, 6) is -0.772. The SMILES string of the molecule is CCOc1ccc(S(=O)(=O)NCCc2ccc(F)cc2F)cc1. The predicted octanol–water partition coefficient (Wildman–Crippen LogP) is 2.88. The predicted molar refractivity (Wildman–Crippen MR) is 82.9 cm³/mol. The number of hydrogen-bond donors (Lipinski definition) is 1. The van der Waals surface area contributed by atoms with Crippen LogP contribution in [0.15, 0.2) is 47.4 Å². The van der Waals surface area contributed by atoms with Gasteiger partial charge in [0.1, 0.15) is 17.4 Å². The first-order valence-electron chi connectivity index (χ1n) is 7.09. The third-order valence-corrected chi connectivity index (χ3v) is 4.62. The fraction of sp³-hybridized carbons (Fsp3) is 0.250. The van der Waals surface area contributed by atoms with E-state index in [2.05, 4.69) is 4.72 Å². The molecule has 1 N–H and O–H groups in total. The molecule has 0 spiro atoms. The van der Waals surface area contributed by atoms with Crippen LogP contribution < -0.4 is 9.46 Å². The van der Waals surface area contributed by atoms with Crippen molar-refractivity contribution in [2.24, 2.45) is 0 Å². The maximum atomic E-state index is 13.5. The summed E-state index contributed by atoms with van der Waals surface area (Å²) in [6.07, 6.45) is 0.127. The highest BCUT2D eigenvalue weighted by Gasteiger charge is 2.14. The highest BCUT2D eigenvalue weighted by atomic mass is 32.2. The van der Waals surface area contributed by atoms with Crippen molar-refractivity contribution >= 4 is 10.0 Å². The Morgan fingerprint density at radius 1 is 1.09 bits per heavy atom. The standard InChI is InChI=1S/C16H17F2NO3S/c1-2-22-14-5-7-15(8-6-14)23(20,21)19-10-9-12-3-4-13(17)11-16(12)18/h3-8,11,19H,2,9-10H2,1H3. The summed E-state index contributed by atoms with van der Waals surface area (Å²) in [5, 5.41) is 0. The second kappa shape index (κ2) is 7.52. The zero-order valence-corrected chi connectivity index (χ0v) is 13.4. The fourth-order valence-electron chi connectivity index (χ4n) is 2.01. The van der Waals surface area contributed by atoms with Crippen molar-refractivity contribution in [2.45, 2.75) is 18.2 Å². The molecule has 0 heterocycles. The summed E-state index contributed by atoms with van der Waals surface area (Å²) >= 11 is 0. The van der Waals surface area contributed by atoms with E-state index in [4.69, 9.17) is 4.74 Å². The van der Waals surface area contributed by atoms with Gasteiger partial charge in [0.25, 0.3) is 0 Å². The largest absolute Gasteiger partial charge is 0.494 e. The number of benzene rings is 2. The van der Waals surface area contributed by atoms with Crippen molar-refractivity contribution in [3.8, 4) is 5.75 Å². The summed E-state index contributed by atoms with van der Waals surface area (Å²) < 4.78 is 58.2. The summed E-state index contributed by atoms with van der Waals surface area (Å²) in [6, 6.07) is 9.22. The second-order valence-electron chi connectivity index (χ2n) is 4.79. The van der Waals surface area contributed by atoms with Gasteiger partial charge in [-0.1, -0.05) is 6.07 Å². The Labute approximate surface area is 134 Å². The molecule has 0 aromatic heterocycles. The monoisotopic (exact) mass is 341 g/mol. The smallest absolute Gasteiger partial charge is 0.240 e. The molecule has 0 amide bonds. The van der Waals surface area contributed by atoms with Crippen LogP contribution in [0.1, 0.15) is 12.5 Å². The Morgan fingerprint density at radius 2 is 1.78 bits per heavy atom. The zero-order chi connectivity index (χ0) is 16.9. The summed E-state index contributed by atoms with van der Waals surface area (Å²) in [7, 11) is -3.69. The molecule has 124 valence electrons. The van der Waals surface area contributed by atoms with Crippen molar-refractivity contribution in [1.29, 1.82) is 0 Å². The summed E-state index contributed by atoms with van der Waals surface area (Å²) in [6.45, 7) is 2.34. The van der Waals surface area contributed by atoms with Gasteiger partial charge in [-0.25, -0.2) is 21.9 Å². The van der Waals surface area contributed by atoms with Gasteiger partial charge in [-0.2, -0.15) is 0 Å². The first-order chi connectivity index (χ1) is 10.9. The van der Waals surface area contributed by atoms with Gasteiger partial charge in [-0.05, 0) is 49.2 Å². The normalized spacial score (nSPS) is 11.4. The Hall–Kier alpha value is -1.99. The van der Waals surface area contributed by atoms with Crippen molar-refractivity contribution in [3.63, 3.8) is 0 Å². The number of halogens is 2. The molecule has 0 unspecified atom stereocenters. The Kier molecular flexibility index (Phi) is 5.68. The molecule has 23 heavy (non-hydrogen) atoms. The van der Waals surface area contributed by atoms with Crippen molar-refractivity contribution in [2.75, 3.05) is 13.2 Å². The van der Waals surface area contributed by atoms with E-state index < -0.39 is 21.7 Å². The van der Waals surface area contributed by atoms with E-state index in [1.54, 1.807) is 12.1 Å². The first-order valence-corrected chi connectivity index (χ1v) is 8.57. The molecule has 4 nitrogen and oxygen atoms in total. The first kappa shape index (κ1) is 17.4. The summed E-state index contributed by atoms with van der Waals surface area (Å²) in [5.41, 5.74) is 0.251. The number of sulfonamides is 1. The van der Waals surface area contributed by atoms with Gasteiger partial charge >= 0.3 is 0 Å². The molecule has 0 aliphatic rings. The third kappa shape index (κ3) is 4.74. The van der Waals surface area contributed by atoms with E-state index in [1.165, 1.54) is 18.2 Å². The Balaban J connectivity index is 1.98. The van der Waals surface area contributed by atoms with Crippen LogP contribution >= 0.6 is 0 Å². The van der Waals surface area contributed by atoms with Crippen LogP contribution in [-0.4, -0.2) is 21.6 Å². The highest BCUT2D eigenvalue weighted by Crippen LogP contribution is 2.16. The Bertz CT molecular complexity index is 761. The highest BCUT2D eigenvalue weighted by molar-refractivity contribution is 7.89. The number of nitrogens with one attached hydrogen (secondary N) is 1. The van der Waals surface area contributed by atoms with Crippen LogP contribution in [0.2, 0.25) is 0 Å². The van der Waals surface area contributed by atoms with Gasteiger partial charge in [0.05, 0.1) is 11.5 Å². The van der Waals surface area contributed by atoms with Gasteiger partial charge in [-0.3, -0.25) is 0 Å². The minimum Gasteiger partial charge on any atom is -0.494 e. The second-order valence-corrected chi connectivity index (χ2v) is 6.55. The van der Waals surface area contributed by atoms with E-state index in [-0.39, 0.29) is 23.4 Å². The van der Waals surface area contributed by atoms with E-state index in [0.717, 1.165) is 12.1 Å². The molecule has 2 aromatic rings. The van der Waals surface area contributed by atoms with E-state index in [0.29, 0.717) is 12.4 Å². The van der Waals surface area contributed by atoms with Crippen LogP contribution in [0.4, 0.5) is 8.78 Å². The molecule has 7 heteroatoms. The fourth-order valence-corrected chi connectivity index (χ4v) is 3.04. The lowest BCUT2D eigenvalue weighted by Crippen LogP contribution is -2.26. The van der Waals surface area contributed by atoms with Crippen molar-refractivity contribution in [1.82, 2.24) is 4.72 Å². The lowest BCUT2D eigenvalue weighted by atomic mass is 10.1. The maximum absolute atomic E-state index is 13.5. The molecule has 0 saturated carbocycles. The molecule has 2 rings (SSSR count). The van der Waals surface area contributed by atoms with Gasteiger partial charge in [0.2, 0.25) is 10.0 Å². The number of rotatable bonds is 7. The van der Waals surface area contributed by atoms with E-state index in [1.807, 2.05) is 6.92 Å². The summed E-state index contributed by atoms with van der Waals surface area (Å²) in [4.78, 5) is 0.0977. The average molecular weight is 341 g/mol. The van der Waals surface area contributed by atoms with Crippen molar-refractivity contribution in [3.05, 3.63) is 59.7 Å². The minimum atomic E-state index is -3.69. The molecule has 0 aliphatic heterocycles. The topological polar surface area (TPSA) is 55.4 Å². The maximum Gasteiger partial charge on any atom is 0.240 e. The molecule has 0 atom stereocenters. The molecule has 2 aromatic carbocycles. The van der Waals surface area contributed by atoms with Crippen LogP contribution in [0.5, 0.6) is 5.75 Å². The van der Waals surface area contributed by atoms with Gasteiger partial charge in [0.15, 0.2) is 0 Å². The quantitative estimate of drug-likeness (QED) is 0.842. The lowest BCUT2D eigenvalue weighted by molar-refractivity contribution is 0.340. The molecular weight excluding hydrogens is 324 g/mol. The molecule has 0 saturated heterocycles. The molecule has 0 fully saturated rings. The molecule has 0 bridgehead atoms. The van der Waals surface area contributed by atoms with Gasteiger partial charge in [-0.15, -0.1) is 0 Å². The van der Waals surface area contributed by atoms with Crippen LogP contribution in [0.25, 0.3) is 0 Å². The number of hydrogen-bond acceptors (Lipinski definition) is 3. The third-order valence-electron chi connectivity index (χ3n) is 3.15. The molecular formula is C16H17F2NO3S. The zero-order valence-electron chi connectivity index (χ0n) is 12.6. The average Bonchev–Trinajstić information content (AvgIpc) is 2.50. The van der Waals surface area contributed by atoms with Gasteiger partial charge < -0.3 is 4.74 Å². The van der Waals surface area contributed by atoms with Crippen LogP contribution in [0.3, 0.4) is 0 Å². The molecule has 0 radical (unpaired) electrons. The van der Waals surface area contributed by atoms with Crippen LogP contribution in [0, 0.1) is 11.6 Å². The van der Waals surface area contributed by atoms with E-state index >= 15 is 0 Å². The molecule has 0 aliphatic carbocycles.